The van der Waals surface area contributed by atoms with E-state index in [4.69, 9.17) is 16.3 Å². The van der Waals surface area contributed by atoms with Gasteiger partial charge < -0.3 is 20.5 Å². The predicted molar refractivity (Wildman–Crippen MR) is 134 cm³/mol. The first-order chi connectivity index (χ1) is 16.7. The molecule has 180 valence electrons. The molecule has 1 aliphatic carbocycles. The molecule has 0 fully saturated rings. The lowest BCUT2D eigenvalue weighted by Gasteiger charge is -2.24. The summed E-state index contributed by atoms with van der Waals surface area (Å²) >= 11 is 5.96. The van der Waals surface area contributed by atoms with Crippen LogP contribution in [0.15, 0.2) is 66.7 Å². The number of nitrogens with one attached hydrogen (secondary N) is 2. The molecule has 1 aliphatic rings. The first-order valence-electron chi connectivity index (χ1n) is 11.1. The Balaban J connectivity index is 1.35. The summed E-state index contributed by atoms with van der Waals surface area (Å²) in [4.78, 5) is 36.5. The summed E-state index contributed by atoms with van der Waals surface area (Å²) in [6.45, 7) is 3.51. The van der Waals surface area contributed by atoms with Crippen molar-refractivity contribution in [2.45, 2.75) is 19.8 Å². The van der Waals surface area contributed by atoms with E-state index in [9.17, 15) is 19.5 Å². The van der Waals surface area contributed by atoms with Crippen molar-refractivity contribution in [3.63, 3.8) is 0 Å². The van der Waals surface area contributed by atoms with Crippen LogP contribution in [0.3, 0.4) is 0 Å². The zero-order chi connectivity index (χ0) is 25.2. The molecule has 3 aromatic carbocycles. The Hall–Kier alpha value is -3.84. The standard InChI is InChI=1S/C27H25ClN2O5/c1-27(2,25(33)30-18-12-16(24(31)32)11-17(28)13-18)15-29-26(34)35-14-23-21-9-5-3-7-19(21)20-8-4-6-10-22(20)23/h3-13,23H,14-15H2,1-2H3,(H,29,34)(H,30,33)(H,31,32). The van der Waals surface area contributed by atoms with Gasteiger partial charge in [-0.3, -0.25) is 4.79 Å². The van der Waals surface area contributed by atoms with E-state index < -0.39 is 23.4 Å². The Bertz CT molecular complexity index is 1260. The van der Waals surface area contributed by atoms with E-state index in [1.165, 1.54) is 18.2 Å². The average molecular weight is 493 g/mol. The minimum absolute atomic E-state index is 0.0157. The fourth-order valence-electron chi connectivity index (χ4n) is 4.11. The number of carboxylic acids is 1. The van der Waals surface area contributed by atoms with Crippen molar-refractivity contribution in [2.75, 3.05) is 18.5 Å². The molecule has 35 heavy (non-hydrogen) atoms. The molecule has 3 aromatic rings. The quantitative estimate of drug-likeness (QED) is 0.401. The molecular formula is C27H25ClN2O5. The van der Waals surface area contributed by atoms with Gasteiger partial charge in [0.1, 0.15) is 6.61 Å². The van der Waals surface area contributed by atoms with Gasteiger partial charge in [-0.15, -0.1) is 0 Å². The average Bonchev–Trinajstić information content (AvgIpc) is 3.15. The Morgan fingerprint density at radius 1 is 0.971 bits per heavy atom. The van der Waals surface area contributed by atoms with Gasteiger partial charge in [-0.05, 0) is 54.3 Å². The number of carbonyl (C=O) groups is 3. The van der Waals surface area contributed by atoms with Gasteiger partial charge in [0.25, 0.3) is 0 Å². The highest BCUT2D eigenvalue weighted by Gasteiger charge is 2.31. The van der Waals surface area contributed by atoms with E-state index in [0.717, 1.165) is 22.3 Å². The number of carboxylic acid groups (broad SMARTS) is 1. The zero-order valence-electron chi connectivity index (χ0n) is 19.3. The van der Waals surface area contributed by atoms with Gasteiger partial charge in [-0.25, -0.2) is 9.59 Å². The second-order valence-corrected chi connectivity index (χ2v) is 9.49. The SMILES string of the molecule is CC(C)(CNC(=O)OCC1c2ccccc2-c2ccccc21)C(=O)Nc1cc(Cl)cc(C(=O)O)c1. The van der Waals surface area contributed by atoms with Crippen LogP contribution < -0.4 is 10.6 Å². The van der Waals surface area contributed by atoms with E-state index in [0.29, 0.717) is 0 Å². The van der Waals surface area contributed by atoms with Crippen LogP contribution in [-0.4, -0.2) is 36.2 Å². The fraction of sp³-hybridized carbons (Fsp3) is 0.222. The monoisotopic (exact) mass is 492 g/mol. The number of ether oxygens (including phenoxy) is 1. The van der Waals surface area contributed by atoms with Gasteiger partial charge in [0.05, 0.1) is 11.0 Å². The van der Waals surface area contributed by atoms with Crippen molar-refractivity contribution < 1.29 is 24.2 Å². The second-order valence-electron chi connectivity index (χ2n) is 9.05. The van der Waals surface area contributed by atoms with Gasteiger partial charge in [0, 0.05) is 23.2 Å². The molecule has 0 atom stereocenters. The van der Waals surface area contributed by atoms with E-state index in [-0.39, 0.29) is 35.3 Å². The van der Waals surface area contributed by atoms with Crippen molar-refractivity contribution in [1.29, 1.82) is 0 Å². The van der Waals surface area contributed by atoms with Crippen molar-refractivity contribution in [2.24, 2.45) is 5.41 Å². The first-order valence-corrected chi connectivity index (χ1v) is 11.5. The van der Waals surface area contributed by atoms with Crippen molar-refractivity contribution >= 4 is 35.3 Å². The third-order valence-corrected chi connectivity index (χ3v) is 6.25. The molecule has 2 amide bonds. The molecule has 0 heterocycles. The van der Waals surface area contributed by atoms with Crippen LogP contribution in [0.25, 0.3) is 11.1 Å². The highest BCUT2D eigenvalue weighted by molar-refractivity contribution is 6.31. The summed E-state index contributed by atoms with van der Waals surface area (Å²) in [6, 6.07) is 20.2. The number of aromatic carboxylic acids is 1. The van der Waals surface area contributed by atoms with Crippen LogP contribution in [0, 0.1) is 5.41 Å². The largest absolute Gasteiger partial charge is 0.478 e. The second kappa shape index (κ2) is 9.80. The summed E-state index contributed by atoms with van der Waals surface area (Å²) in [5.74, 6) is -1.62. The molecule has 0 spiro atoms. The number of hydrogen-bond donors (Lipinski definition) is 3. The minimum atomic E-state index is -1.15. The Morgan fingerprint density at radius 2 is 1.57 bits per heavy atom. The maximum atomic E-state index is 12.8. The van der Waals surface area contributed by atoms with Gasteiger partial charge >= 0.3 is 12.1 Å². The third kappa shape index (κ3) is 5.30. The predicted octanol–water partition coefficient (Wildman–Crippen LogP) is 5.54. The molecule has 4 rings (SSSR count). The highest BCUT2D eigenvalue weighted by atomic mass is 35.5. The van der Waals surface area contributed by atoms with Crippen LogP contribution in [0.4, 0.5) is 10.5 Å². The van der Waals surface area contributed by atoms with E-state index >= 15 is 0 Å². The molecule has 0 unspecified atom stereocenters. The molecule has 8 heteroatoms. The van der Waals surface area contributed by atoms with Crippen LogP contribution in [0.5, 0.6) is 0 Å². The lowest BCUT2D eigenvalue weighted by molar-refractivity contribution is -0.123. The molecule has 0 aromatic heterocycles. The van der Waals surface area contributed by atoms with E-state index in [1.54, 1.807) is 13.8 Å². The van der Waals surface area contributed by atoms with Crippen LogP contribution in [0.1, 0.15) is 41.3 Å². The highest BCUT2D eigenvalue weighted by Crippen LogP contribution is 2.44. The summed E-state index contributed by atoms with van der Waals surface area (Å²) in [5, 5.41) is 14.7. The molecule has 7 nitrogen and oxygen atoms in total. The number of rotatable bonds is 7. The minimum Gasteiger partial charge on any atom is -0.478 e. The Labute approximate surface area is 208 Å². The number of hydrogen-bond acceptors (Lipinski definition) is 4. The van der Waals surface area contributed by atoms with E-state index in [2.05, 4.69) is 22.8 Å². The summed E-state index contributed by atoms with van der Waals surface area (Å²) in [5.41, 5.74) is 3.73. The van der Waals surface area contributed by atoms with Gasteiger partial charge in [0.2, 0.25) is 5.91 Å². The van der Waals surface area contributed by atoms with Crippen molar-refractivity contribution in [3.8, 4) is 11.1 Å². The molecule has 0 bridgehead atoms. The molecule has 3 N–H and O–H groups in total. The smallest absolute Gasteiger partial charge is 0.407 e. The van der Waals surface area contributed by atoms with Crippen LogP contribution in [-0.2, 0) is 9.53 Å². The first kappa shape index (κ1) is 24.3. The normalized spacial score (nSPS) is 12.4. The fourth-order valence-corrected chi connectivity index (χ4v) is 4.34. The summed E-state index contributed by atoms with van der Waals surface area (Å²) in [6.07, 6.45) is -0.622. The molecule has 0 saturated heterocycles. The van der Waals surface area contributed by atoms with Crippen molar-refractivity contribution in [1.82, 2.24) is 5.32 Å². The molecular weight excluding hydrogens is 468 g/mol. The number of amides is 2. The number of anilines is 1. The van der Waals surface area contributed by atoms with Crippen molar-refractivity contribution in [3.05, 3.63) is 88.4 Å². The van der Waals surface area contributed by atoms with Gasteiger partial charge in [0.15, 0.2) is 0 Å². The topological polar surface area (TPSA) is 105 Å². The third-order valence-electron chi connectivity index (χ3n) is 6.04. The number of halogens is 1. The Morgan fingerprint density at radius 3 is 2.17 bits per heavy atom. The zero-order valence-corrected chi connectivity index (χ0v) is 20.1. The molecule has 0 aliphatic heterocycles. The van der Waals surface area contributed by atoms with Crippen LogP contribution in [0.2, 0.25) is 5.02 Å². The molecule has 0 radical (unpaired) electrons. The van der Waals surface area contributed by atoms with Gasteiger partial charge in [-0.2, -0.15) is 0 Å². The summed E-state index contributed by atoms with van der Waals surface area (Å²) < 4.78 is 5.53. The summed E-state index contributed by atoms with van der Waals surface area (Å²) in [7, 11) is 0. The maximum Gasteiger partial charge on any atom is 0.407 e. The maximum absolute atomic E-state index is 12.8. The van der Waals surface area contributed by atoms with Gasteiger partial charge in [-0.1, -0.05) is 60.1 Å². The lowest BCUT2D eigenvalue weighted by atomic mass is 9.92. The number of alkyl carbamates (subject to hydrolysis) is 1. The lowest BCUT2D eigenvalue weighted by Crippen LogP contribution is -2.42. The number of benzene rings is 3. The number of carbonyl (C=O) groups excluding carboxylic acids is 2. The van der Waals surface area contributed by atoms with E-state index in [1.807, 2.05) is 36.4 Å². The number of fused-ring (bicyclic) bond motifs is 3. The molecule has 0 saturated carbocycles. The van der Waals surface area contributed by atoms with Crippen LogP contribution >= 0.6 is 11.6 Å². The Kier molecular flexibility index (Phi) is 6.80.